The zero-order chi connectivity index (χ0) is 13.9. The molecule has 104 valence electrons. The highest BCUT2D eigenvalue weighted by atomic mass is 32.1. The molecule has 0 amide bonds. The maximum Gasteiger partial charge on any atom is 0.176 e. The smallest absolute Gasteiger partial charge is 0.176 e. The summed E-state index contributed by atoms with van der Waals surface area (Å²) in [6, 6.07) is 10.6. The number of hydrogen-bond donors (Lipinski definition) is 0. The van der Waals surface area contributed by atoms with Gasteiger partial charge in [0.15, 0.2) is 5.78 Å². The van der Waals surface area contributed by atoms with Gasteiger partial charge in [-0.2, -0.15) is 0 Å². The first-order valence-corrected chi connectivity index (χ1v) is 7.65. The molecule has 1 aromatic carbocycles. The van der Waals surface area contributed by atoms with Crippen molar-refractivity contribution in [1.29, 1.82) is 0 Å². The molecule has 0 radical (unpaired) electrons. The molecule has 2 aromatic rings. The van der Waals surface area contributed by atoms with Crippen LogP contribution in [0, 0.1) is 5.82 Å². The van der Waals surface area contributed by atoms with E-state index in [0.717, 1.165) is 19.4 Å². The van der Waals surface area contributed by atoms with Gasteiger partial charge in [0.1, 0.15) is 5.82 Å². The molecule has 1 aromatic heterocycles. The lowest BCUT2D eigenvalue weighted by atomic mass is 10.1. The molecule has 0 aliphatic heterocycles. The van der Waals surface area contributed by atoms with Gasteiger partial charge in [-0.1, -0.05) is 18.2 Å². The molecule has 3 rings (SSSR count). The molecule has 1 fully saturated rings. The largest absolute Gasteiger partial charge is 0.293 e. The Labute approximate surface area is 121 Å². The molecule has 0 unspecified atom stereocenters. The van der Waals surface area contributed by atoms with Crippen molar-refractivity contribution < 1.29 is 9.18 Å². The van der Waals surface area contributed by atoms with Gasteiger partial charge in [-0.15, -0.1) is 11.3 Å². The number of carbonyl (C=O) groups excluding carboxylic acids is 1. The molecule has 1 heterocycles. The van der Waals surface area contributed by atoms with Crippen LogP contribution in [-0.2, 0) is 6.54 Å². The van der Waals surface area contributed by atoms with E-state index in [2.05, 4.69) is 16.3 Å². The first-order chi connectivity index (χ1) is 9.72. The zero-order valence-electron chi connectivity index (χ0n) is 11.1. The van der Waals surface area contributed by atoms with Gasteiger partial charge >= 0.3 is 0 Å². The Morgan fingerprint density at radius 1 is 1.30 bits per heavy atom. The van der Waals surface area contributed by atoms with Crippen LogP contribution in [0.25, 0.3) is 0 Å². The predicted molar refractivity (Wildman–Crippen MR) is 78.5 cm³/mol. The van der Waals surface area contributed by atoms with E-state index in [0.29, 0.717) is 18.2 Å². The maximum absolute atomic E-state index is 13.2. The van der Waals surface area contributed by atoms with Crippen molar-refractivity contribution in [1.82, 2.24) is 4.90 Å². The third kappa shape index (κ3) is 3.32. The predicted octanol–water partition coefficient (Wildman–Crippen LogP) is 3.73. The van der Waals surface area contributed by atoms with Crippen LogP contribution in [-0.4, -0.2) is 23.3 Å². The quantitative estimate of drug-likeness (QED) is 0.755. The van der Waals surface area contributed by atoms with Crippen molar-refractivity contribution in [3.63, 3.8) is 0 Å². The van der Waals surface area contributed by atoms with E-state index in [1.165, 1.54) is 17.0 Å². The maximum atomic E-state index is 13.2. The van der Waals surface area contributed by atoms with Crippen molar-refractivity contribution in [2.45, 2.75) is 25.4 Å². The number of carbonyl (C=O) groups is 1. The third-order valence-electron chi connectivity index (χ3n) is 3.50. The lowest BCUT2D eigenvalue weighted by molar-refractivity contribution is 0.0919. The van der Waals surface area contributed by atoms with E-state index >= 15 is 0 Å². The van der Waals surface area contributed by atoms with Gasteiger partial charge in [-0.3, -0.25) is 9.69 Å². The summed E-state index contributed by atoms with van der Waals surface area (Å²) in [6.45, 7) is 1.18. The Bertz CT molecular complexity index is 592. The standard InChI is InChI=1S/C16H16FNOS/c17-13-4-1-3-12(9-13)16(19)11-18(14-6-7-14)10-15-5-2-8-20-15/h1-5,8-9,14H,6-7,10-11H2. The Hall–Kier alpha value is -1.52. The van der Waals surface area contributed by atoms with Gasteiger partial charge in [-0.25, -0.2) is 4.39 Å². The van der Waals surface area contributed by atoms with Crippen LogP contribution in [0.3, 0.4) is 0 Å². The normalized spacial score (nSPS) is 14.7. The minimum absolute atomic E-state index is 0.00652. The van der Waals surface area contributed by atoms with Crippen LogP contribution in [0.2, 0.25) is 0 Å². The van der Waals surface area contributed by atoms with Crippen LogP contribution in [0.1, 0.15) is 28.1 Å². The highest BCUT2D eigenvalue weighted by Crippen LogP contribution is 2.29. The lowest BCUT2D eigenvalue weighted by Gasteiger charge is -2.20. The minimum Gasteiger partial charge on any atom is -0.293 e. The summed E-state index contributed by atoms with van der Waals surface area (Å²) in [7, 11) is 0. The molecule has 1 aliphatic carbocycles. The van der Waals surface area contributed by atoms with Crippen LogP contribution >= 0.6 is 11.3 Å². The third-order valence-corrected chi connectivity index (χ3v) is 4.36. The Morgan fingerprint density at radius 2 is 2.15 bits per heavy atom. The number of rotatable bonds is 6. The summed E-state index contributed by atoms with van der Waals surface area (Å²) in [6.07, 6.45) is 2.31. The van der Waals surface area contributed by atoms with Gasteiger partial charge in [0.05, 0.1) is 6.54 Å². The molecule has 0 bridgehead atoms. The van der Waals surface area contributed by atoms with Crippen molar-refractivity contribution in [3.05, 3.63) is 58.0 Å². The van der Waals surface area contributed by atoms with Gasteiger partial charge in [0.2, 0.25) is 0 Å². The fraction of sp³-hybridized carbons (Fsp3) is 0.312. The fourth-order valence-corrected chi connectivity index (χ4v) is 3.02. The van der Waals surface area contributed by atoms with Crippen molar-refractivity contribution in [2.24, 2.45) is 0 Å². The molecular weight excluding hydrogens is 273 g/mol. The number of benzene rings is 1. The lowest BCUT2D eigenvalue weighted by Crippen LogP contribution is -2.31. The average Bonchev–Trinajstić information content (AvgIpc) is 3.16. The summed E-state index contributed by atoms with van der Waals surface area (Å²) in [4.78, 5) is 15.7. The summed E-state index contributed by atoms with van der Waals surface area (Å²) < 4.78 is 13.2. The Kier molecular flexibility index (Phi) is 3.94. The summed E-state index contributed by atoms with van der Waals surface area (Å²) >= 11 is 1.71. The van der Waals surface area contributed by atoms with Crippen LogP contribution in [0.15, 0.2) is 41.8 Å². The molecule has 1 aliphatic rings. The van der Waals surface area contributed by atoms with E-state index in [4.69, 9.17) is 0 Å². The average molecular weight is 289 g/mol. The number of ketones is 1. The van der Waals surface area contributed by atoms with Gasteiger partial charge in [0.25, 0.3) is 0 Å². The van der Waals surface area contributed by atoms with Crippen LogP contribution in [0.4, 0.5) is 4.39 Å². The van der Waals surface area contributed by atoms with Crippen molar-refractivity contribution in [2.75, 3.05) is 6.54 Å². The summed E-state index contributed by atoms with van der Waals surface area (Å²) in [5.41, 5.74) is 0.460. The second-order valence-electron chi connectivity index (χ2n) is 5.15. The summed E-state index contributed by atoms with van der Waals surface area (Å²) in [5.74, 6) is -0.361. The Balaban J connectivity index is 1.68. The molecule has 1 saturated carbocycles. The molecule has 20 heavy (non-hydrogen) atoms. The minimum atomic E-state index is -0.355. The molecule has 0 atom stereocenters. The van der Waals surface area contributed by atoms with Crippen molar-refractivity contribution in [3.8, 4) is 0 Å². The Morgan fingerprint density at radius 3 is 2.80 bits per heavy atom. The van der Waals surface area contributed by atoms with Crippen LogP contribution < -0.4 is 0 Å². The number of hydrogen-bond acceptors (Lipinski definition) is 3. The number of halogens is 1. The van der Waals surface area contributed by atoms with Gasteiger partial charge < -0.3 is 0 Å². The summed E-state index contributed by atoms with van der Waals surface area (Å²) in [5, 5.41) is 2.05. The first kappa shape index (κ1) is 13.5. The second kappa shape index (κ2) is 5.85. The number of nitrogens with zero attached hydrogens (tertiary/aromatic N) is 1. The topological polar surface area (TPSA) is 20.3 Å². The monoisotopic (exact) mass is 289 g/mol. The molecule has 0 saturated heterocycles. The van der Waals surface area contributed by atoms with E-state index in [9.17, 15) is 9.18 Å². The second-order valence-corrected chi connectivity index (χ2v) is 6.18. The highest BCUT2D eigenvalue weighted by molar-refractivity contribution is 7.09. The highest BCUT2D eigenvalue weighted by Gasteiger charge is 2.30. The van der Waals surface area contributed by atoms with Gasteiger partial charge in [0, 0.05) is 23.0 Å². The fourth-order valence-electron chi connectivity index (χ4n) is 2.29. The SMILES string of the molecule is O=C(CN(Cc1cccs1)C1CC1)c1cccc(F)c1. The molecule has 2 nitrogen and oxygen atoms in total. The molecule has 0 spiro atoms. The molecular formula is C16H16FNOS. The van der Waals surface area contributed by atoms with E-state index in [1.807, 2.05) is 6.07 Å². The van der Waals surface area contributed by atoms with E-state index in [1.54, 1.807) is 23.5 Å². The van der Waals surface area contributed by atoms with Crippen molar-refractivity contribution >= 4 is 17.1 Å². The number of thiophene rings is 1. The molecule has 4 heteroatoms. The first-order valence-electron chi connectivity index (χ1n) is 6.77. The molecule has 0 N–H and O–H groups in total. The van der Waals surface area contributed by atoms with Gasteiger partial charge in [-0.05, 0) is 36.4 Å². The van der Waals surface area contributed by atoms with E-state index < -0.39 is 0 Å². The number of Topliss-reactive ketones (excluding diaryl/α,β-unsaturated/α-hetero) is 1. The van der Waals surface area contributed by atoms with Crippen LogP contribution in [0.5, 0.6) is 0 Å². The van der Waals surface area contributed by atoms with E-state index in [-0.39, 0.29) is 11.6 Å². The zero-order valence-corrected chi connectivity index (χ0v) is 11.9.